The Morgan fingerprint density at radius 2 is 1.69 bits per heavy atom. The number of sulfonamides is 1. The summed E-state index contributed by atoms with van der Waals surface area (Å²) in [6.45, 7) is 2.54. The smallest absolute Gasteiger partial charge is 0.244 e. The van der Waals surface area contributed by atoms with Crippen molar-refractivity contribution in [3.05, 3.63) is 65.7 Å². The zero-order valence-corrected chi connectivity index (χ0v) is 15.2. The Morgan fingerprint density at radius 3 is 2.35 bits per heavy atom. The highest BCUT2D eigenvalue weighted by Gasteiger charge is 2.32. The van der Waals surface area contributed by atoms with Crippen molar-refractivity contribution in [2.75, 3.05) is 32.7 Å². The second kappa shape index (κ2) is 7.98. The number of quaternary nitrogens is 1. The van der Waals surface area contributed by atoms with E-state index in [0.717, 1.165) is 5.56 Å². The molecular weight excluding hydrogens is 350 g/mol. The van der Waals surface area contributed by atoms with E-state index < -0.39 is 16.1 Å². The molecule has 1 fully saturated rings. The minimum Gasteiger partial charge on any atom is -0.382 e. The molecule has 7 heteroatoms. The number of benzene rings is 2. The Labute approximate surface area is 154 Å². The number of nitrogens with one attached hydrogen (secondary N) is 1. The predicted molar refractivity (Wildman–Crippen MR) is 96.9 cm³/mol. The molecule has 6 nitrogen and oxygen atoms in total. The molecule has 0 aliphatic carbocycles. The van der Waals surface area contributed by atoms with E-state index in [2.05, 4.69) is 0 Å². The van der Waals surface area contributed by atoms with Crippen LogP contribution in [0, 0.1) is 11.3 Å². The Balaban J connectivity index is 1.64. The zero-order chi connectivity index (χ0) is 18.6. The number of hydrogen-bond donors (Lipinski definition) is 2. The normalized spacial score (nSPS) is 17.5. The average Bonchev–Trinajstić information content (AvgIpc) is 2.69. The Bertz CT molecular complexity index is 886. The van der Waals surface area contributed by atoms with Crippen LogP contribution in [0.5, 0.6) is 0 Å². The molecule has 0 aromatic heterocycles. The SMILES string of the molecule is N#Cc1ccccc1S(=O)(=O)N1CC[NH+](C[C@@H](O)c2ccccc2)CC1. The van der Waals surface area contributed by atoms with Gasteiger partial charge in [0.1, 0.15) is 18.7 Å². The zero-order valence-electron chi connectivity index (χ0n) is 14.4. The summed E-state index contributed by atoms with van der Waals surface area (Å²) >= 11 is 0. The van der Waals surface area contributed by atoms with Crippen molar-refractivity contribution in [1.82, 2.24) is 4.31 Å². The minimum absolute atomic E-state index is 0.0651. The number of nitriles is 1. The molecule has 26 heavy (non-hydrogen) atoms. The lowest BCUT2D eigenvalue weighted by molar-refractivity contribution is -0.907. The van der Waals surface area contributed by atoms with Gasteiger partial charge in [-0.3, -0.25) is 0 Å². The van der Waals surface area contributed by atoms with E-state index in [1.165, 1.54) is 21.3 Å². The summed E-state index contributed by atoms with van der Waals surface area (Å²) in [5.74, 6) is 0. The highest BCUT2D eigenvalue weighted by Crippen LogP contribution is 2.19. The first-order valence-corrected chi connectivity index (χ1v) is 10.0. The molecule has 0 amide bonds. The van der Waals surface area contributed by atoms with Crippen molar-refractivity contribution in [3.8, 4) is 6.07 Å². The van der Waals surface area contributed by atoms with Gasteiger partial charge in [0, 0.05) is 0 Å². The van der Waals surface area contributed by atoms with E-state index in [1.54, 1.807) is 12.1 Å². The summed E-state index contributed by atoms with van der Waals surface area (Å²) in [7, 11) is -3.67. The van der Waals surface area contributed by atoms with E-state index in [0.29, 0.717) is 32.7 Å². The van der Waals surface area contributed by atoms with Crippen LogP contribution in [0.15, 0.2) is 59.5 Å². The summed E-state index contributed by atoms with van der Waals surface area (Å²) in [6.07, 6.45) is -0.561. The van der Waals surface area contributed by atoms with Gasteiger partial charge in [-0.2, -0.15) is 9.57 Å². The average molecular weight is 372 g/mol. The fourth-order valence-electron chi connectivity index (χ4n) is 3.24. The van der Waals surface area contributed by atoms with Crippen molar-refractivity contribution in [2.24, 2.45) is 0 Å². The Morgan fingerprint density at radius 1 is 1.08 bits per heavy atom. The molecule has 2 N–H and O–H groups in total. The quantitative estimate of drug-likeness (QED) is 0.784. The molecule has 0 radical (unpaired) electrons. The third kappa shape index (κ3) is 3.94. The second-order valence-electron chi connectivity index (χ2n) is 6.39. The molecule has 0 spiro atoms. The molecular formula is C19H22N3O3S+. The predicted octanol–water partition coefficient (Wildman–Crippen LogP) is 0.181. The maximum atomic E-state index is 12.8. The second-order valence-corrected chi connectivity index (χ2v) is 8.30. The fourth-order valence-corrected chi connectivity index (χ4v) is 4.82. The molecule has 1 heterocycles. The number of piperazine rings is 1. The van der Waals surface area contributed by atoms with Gasteiger partial charge in [0.05, 0.1) is 36.6 Å². The van der Waals surface area contributed by atoms with E-state index in [-0.39, 0.29) is 10.5 Å². The van der Waals surface area contributed by atoms with E-state index >= 15 is 0 Å². The molecule has 2 aromatic carbocycles. The fraction of sp³-hybridized carbons (Fsp3) is 0.316. The standard InChI is InChI=1S/C19H21N3O3S/c20-14-17-8-4-5-9-19(17)26(24,25)22-12-10-21(11-13-22)15-18(23)16-6-2-1-3-7-16/h1-9,18,23H,10-13,15H2/p+1/t18-/m1/s1. The number of aliphatic hydroxyl groups is 1. The molecule has 2 aromatic rings. The first-order chi connectivity index (χ1) is 12.5. The number of hydrogen-bond acceptors (Lipinski definition) is 4. The summed E-state index contributed by atoms with van der Waals surface area (Å²) in [4.78, 5) is 1.23. The van der Waals surface area contributed by atoms with Gasteiger partial charge in [-0.25, -0.2) is 8.42 Å². The Hall–Kier alpha value is -2.24. The van der Waals surface area contributed by atoms with Gasteiger partial charge in [0.25, 0.3) is 0 Å². The lowest BCUT2D eigenvalue weighted by Crippen LogP contribution is -3.15. The van der Waals surface area contributed by atoms with Gasteiger partial charge in [0.15, 0.2) is 0 Å². The van der Waals surface area contributed by atoms with E-state index in [9.17, 15) is 13.5 Å². The summed E-state index contributed by atoms with van der Waals surface area (Å²) in [6, 6.07) is 17.7. The van der Waals surface area contributed by atoms with Crippen LogP contribution < -0.4 is 4.90 Å². The highest BCUT2D eigenvalue weighted by atomic mass is 32.2. The van der Waals surface area contributed by atoms with Crippen LogP contribution >= 0.6 is 0 Å². The number of rotatable bonds is 5. The van der Waals surface area contributed by atoms with Crippen LogP contribution in [-0.4, -0.2) is 50.6 Å². The van der Waals surface area contributed by atoms with Gasteiger partial charge in [-0.15, -0.1) is 0 Å². The molecule has 1 aliphatic rings. The van der Waals surface area contributed by atoms with Crippen LogP contribution in [-0.2, 0) is 10.0 Å². The number of aliphatic hydroxyl groups excluding tert-OH is 1. The molecule has 0 saturated carbocycles. The third-order valence-electron chi connectivity index (χ3n) is 4.72. The monoisotopic (exact) mass is 372 g/mol. The summed E-state index contributed by atoms with van der Waals surface area (Å²) in [5, 5.41) is 19.5. The van der Waals surface area contributed by atoms with Crippen molar-refractivity contribution in [3.63, 3.8) is 0 Å². The van der Waals surface area contributed by atoms with E-state index in [4.69, 9.17) is 5.26 Å². The van der Waals surface area contributed by atoms with Gasteiger partial charge in [0.2, 0.25) is 10.0 Å². The molecule has 0 bridgehead atoms. The van der Waals surface area contributed by atoms with Crippen molar-refractivity contribution in [2.45, 2.75) is 11.0 Å². The maximum absolute atomic E-state index is 12.8. The van der Waals surface area contributed by atoms with Crippen LogP contribution in [0.1, 0.15) is 17.2 Å². The van der Waals surface area contributed by atoms with Gasteiger partial charge in [-0.1, -0.05) is 42.5 Å². The first-order valence-electron chi connectivity index (χ1n) is 8.58. The topological polar surface area (TPSA) is 85.8 Å². The lowest BCUT2D eigenvalue weighted by Gasteiger charge is -2.32. The van der Waals surface area contributed by atoms with Gasteiger partial charge >= 0.3 is 0 Å². The molecule has 1 aliphatic heterocycles. The molecule has 1 atom stereocenters. The van der Waals surface area contributed by atoms with Crippen molar-refractivity contribution >= 4 is 10.0 Å². The maximum Gasteiger partial charge on any atom is 0.244 e. The summed E-state index contributed by atoms with van der Waals surface area (Å²) < 4.78 is 27.1. The van der Waals surface area contributed by atoms with Crippen LogP contribution in [0.3, 0.4) is 0 Å². The van der Waals surface area contributed by atoms with Crippen molar-refractivity contribution < 1.29 is 18.4 Å². The molecule has 136 valence electrons. The van der Waals surface area contributed by atoms with Crippen molar-refractivity contribution in [1.29, 1.82) is 5.26 Å². The minimum atomic E-state index is -3.67. The lowest BCUT2D eigenvalue weighted by atomic mass is 10.1. The number of nitrogens with zero attached hydrogens (tertiary/aromatic N) is 2. The largest absolute Gasteiger partial charge is 0.382 e. The van der Waals surface area contributed by atoms with Gasteiger partial charge < -0.3 is 10.0 Å². The highest BCUT2D eigenvalue weighted by molar-refractivity contribution is 7.89. The molecule has 3 rings (SSSR count). The van der Waals surface area contributed by atoms with Crippen LogP contribution in [0.4, 0.5) is 0 Å². The first kappa shape index (κ1) is 18.5. The Kier molecular flexibility index (Phi) is 5.69. The molecule has 0 unspecified atom stereocenters. The van der Waals surface area contributed by atoms with Crippen LogP contribution in [0.2, 0.25) is 0 Å². The summed E-state index contributed by atoms with van der Waals surface area (Å²) in [5.41, 5.74) is 1.04. The third-order valence-corrected chi connectivity index (χ3v) is 6.68. The van der Waals surface area contributed by atoms with Gasteiger partial charge in [-0.05, 0) is 17.7 Å². The van der Waals surface area contributed by atoms with E-state index in [1.807, 2.05) is 36.4 Å². The molecule has 1 saturated heterocycles. The van der Waals surface area contributed by atoms with Crippen LogP contribution in [0.25, 0.3) is 0 Å².